The lowest BCUT2D eigenvalue weighted by atomic mass is 10.0. The first-order valence-corrected chi connectivity index (χ1v) is 6.19. The van der Waals surface area contributed by atoms with Crippen molar-refractivity contribution < 1.29 is 9.50 Å². The SMILES string of the molecule is CC(C)Cc1cc(O)c(-c2ccccc2F)c(=O)[nH]1. The Balaban J connectivity index is 2.55. The first-order valence-electron chi connectivity index (χ1n) is 6.19. The molecule has 3 nitrogen and oxygen atoms in total. The largest absolute Gasteiger partial charge is 0.507 e. The van der Waals surface area contributed by atoms with Crippen LogP contribution >= 0.6 is 0 Å². The molecule has 0 bridgehead atoms. The van der Waals surface area contributed by atoms with Crippen LogP contribution in [-0.4, -0.2) is 10.1 Å². The van der Waals surface area contributed by atoms with E-state index in [1.807, 2.05) is 13.8 Å². The molecule has 4 heteroatoms. The maximum Gasteiger partial charge on any atom is 0.259 e. The average molecular weight is 261 g/mol. The second-order valence-corrected chi connectivity index (χ2v) is 4.96. The average Bonchev–Trinajstić information content (AvgIpc) is 2.29. The normalized spacial score (nSPS) is 10.9. The number of aromatic amines is 1. The predicted octanol–water partition coefficient (Wildman–Crippen LogP) is 3.09. The van der Waals surface area contributed by atoms with Gasteiger partial charge in [0.1, 0.15) is 11.6 Å². The molecule has 0 amide bonds. The van der Waals surface area contributed by atoms with Gasteiger partial charge < -0.3 is 10.1 Å². The van der Waals surface area contributed by atoms with Crippen LogP contribution in [0.5, 0.6) is 5.75 Å². The van der Waals surface area contributed by atoms with Crippen LogP contribution in [0, 0.1) is 11.7 Å². The molecule has 1 aromatic heterocycles. The third kappa shape index (κ3) is 2.84. The van der Waals surface area contributed by atoms with E-state index in [2.05, 4.69) is 4.98 Å². The molecule has 1 heterocycles. The van der Waals surface area contributed by atoms with Crippen LogP contribution in [0.2, 0.25) is 0 Å². The Morgan fingerprint density at radius 3 is 2.58 bits per heavy atom. The smallest absolute Gasteiger partial charge is 0.259 e. The predicted molar refractivity (Wildman–Crippen MR) is 72.7 cm³/mol. The highest BCUT2D eigenvalue weighted by Gasteiger charge is 2.14. The topological polar surface area (TPSA) is 53.1 Å². The lowest BCUT2D eigenvalue weighted by Gasteiger charge is -2.09. The van der Waals surface area contributed by atoms with E-state index in [1.54, 1.807) is 6.07 Å². The summed E-state index contributed by atoms with van der Waals surface area (Å²) in [7, 11) is 0. The fraction of sp³-hybridized carbons (Fsp3) is 0.267. The number of benzene rings is 1. The van der Waals surface area contributed by atoms with Gasteiger partial charge in [0, 0.05) is 17.3 Å². The van der Waals surface area contributed by atoms with E-state index in [4.69, 9.17) is 0 Å². The zero-order valence-corrected chi connectivity index (χ0v) is 10.9. The summed E-state index contributed by atoms with van der Waals surface area (Å²) < 4.78 is 13.7. The molecule has 0 unspecified atom stereocenters. The summed E-state index contributed by atoms with van der Waals surface area (Å²) in [5.41, 5.74) is 0.265. The molecule has 2 aromatic rings. The molecule has 0 aliphatic heterocycles. The summed E-state index contributed by atoms with van der Waals surface area (Å²) in [4.78, 5) is 14.7. The Hall–Kier alpha value is -2.10. The van der Waals surface area contributed by atoms with E-state index in [0.29, 0.717) is 18.0 Å². The van der Waals surface area contributed by atoms with E-state index in [0.717, 1.165) is 0 Å². The molecule has 0 aliphatic rings. The minimum absolute atomic E-state index is 0.0226. The number of aromatic nitrogens is 1. The lowest BCUT2D eigenvalue weighted by molar-refractivity contribution is 0.473. The fourth-order valence-corrected chi connectivity index (χ4v) is 2.07. The van der Waals surface area contributed by atoms with Crippen molar-refractivity contribution in [2.45, 2.75) is 20.3 Å². The summed E-state index contributed by atoms with van der Waals surface area (Å²) in [5.74, 6) is -0.362. The minimum Gasteiger partial charge on any atom is -0.507 e. The van der Waals surface area contributed by atoms with Crippen molar-refractivity contribution in [1.82, 2.24) is 4.98 Å². The molecule has 19 heavy (non-hydrogen) atoms. The molecule has 1 aromatic carbocycles. The van der Waals surface area contributed by atoms with Crippen LogP contribution in [0.3, 0.4) is 0 Å². The highest BCUT2D eigenvalue weighted by Crippen LogP contribution is 2.28. The maximum atomic E-state index is 13.7. The van der Waals surface area contributed by atoms with Gasteiger partial charge in [-0.25, -0.2) is 4.39 Å². The maximum absolute atomic E-state index is 13.7. The molecule has 0 spiro atoms. The zero-order chi connectivity index (χ0) is 14.0. The van der Waals surface area contributed by atoms with E-state index in [9.17, 15) is 14.3 Å². The molecule has 0 atom stereocenters. The number of aromatic hydroxyl groups is 1. The van der Waals surface area contributed by atoms with E-state index in [1.165, 1.54) is 24.3 Å². The van der Waals surface area contributed by atoms with Gasteiger partial charge in [-0.3, -0.25) is 4.79 Å². The van der Waals surface area contributed by atoms with Crippen molar-refractivity contribution in [3.05, 3.63) is 52.2 Å². The number of halogens is 1. The second kappa shape index (κ2) is 5.26. The third-order valence-electron chi connectivity index (χ3n) is 2.84. The molecule has 0 aliphatic carbocycles. The Kier molecular flexibility index (Phi) is 3.69. The molecule has 2 rings (SSSR count). The number of H-pyrrole nitrogens is 1. The van der Waals surface area contributed by atoms with Crippen molar-refractivity contribution in [3.63, 3.8) is 0 Å². The Labute approximate surface area is 110 Å². The van der Waals surface area contributed by atoms with Crippen molar-refractivity contribution in [2.75, 3.05) is 0 Å². The molecule has 0 fully saturated rings. The van der Waals surface area contributed by atoms with E-state index >= 15 is 0 Å². The van der Waals surface area contributed by atoms with Crippen molar-refractivity contribution >= 4 is 0 Å². The number of hydrogen-bond acceptors (Lipinski definition) is 2. The Morgan fingerprint density at radius 2 is 2.00 bits per heavy atom. The molecule has 100 valence electrons. The van der Waals surface area contributed by atoms with Gasteiger partial charge >= 0.3 is 0 Å². The number of rotatable bonds is 3. The lowest BCUT2D eigenvalue weighted by Crippen LogP contribution is -2.13. The van der Waals surface area contributed by atoms with Crippen LogP contribution in [-0.2, 0) is 6.42 Å². The van der Waals surface area contributed by atoms with Crippen molar-refractivity contribution in [1.29, 1.82) is 0 Å². The van der Waals surface area contributed by atoms with Gasteiger partial charge in [-0.05, 0) is 18.4 Å². The summed E-state index contributed by atoms with van der Waals surface area (Å²) in [6, 6.07) is 7.39. The van der Waals surface area contributed by atoms with Gasteiger partial charge in [0.15, 0.2) is 0 Å². The molecule has 2 N–H and O–H groups in total. The third-order valence-corrected chi connectivity index (χ3v) is 2.84. The van der Waals surface area contributed by atoms with Crippen LogP contribution < -0.4 is 5.56 Å². The molecule has 0 saturated heterocycles. The molecular formula is C15H16FNO2. The molecule has 0 saturated carbocycles. The number of hydrogen-bond donors (Lipinski definition) is 2. The van der Waals surface area contributed by atoms with Crippen LogP contribution in [0.1, 0.15) is 19.5 Å². The van der Waals surface area contributed by atoms with Gasteiger partial charge in [-0.1, -0.05) is 32.0 Å². The number of nitrogens with one attached hydrogen (secondary N) is 1. The van der Waals surface area contributed by atoms with Crippen LogP contribution in [0.25, 0.3) is 11.1 Å². The summed E-state index contributed by atoms with van der Waals surface area (Å²) in [5, 5.41) is 9.98. The van der Waals surface area contributed by atoms with E-state index < -0.39 is 11.4 Å². The monoisotopic (exact) mass is 261 g/mol. The van der Waals surface area contributed by atoms with Crippen molar-refractivity contribution in [2.24, 2.45) is 5.92 Å². The summed E-state index contributed by atoms with van der Waals surface area (Å²) >= 11 is 0. The Bertz CT molecular complexity index is 647. The zero-order valence-electron chi connectivity index (χ0n) is 10.9. The molecular weight excluding hydrogens is 245 g/mol. The van der Waals surface area contributed by atoms with E-state index in [-0.39, 0.29) is 16.9 Å². The van der Waals surface area contributed by atoms with Gasteiger partial charge in [0.05, 0.1) is 5.56 Å². The minimum atomic E-state index is -0.528. The van der Waals surface area contributed by atoms with Gasteiger partial charge in [-0.2, -0.15) is 0 Å². The van der Waals surface area contributed by atoms with Gasteiger partial charge in [-0.15, -0.1) is 0 Å². The van der Waals surface area contributed by atoms with Crippen molar-refractivity contribution in [3.8, 4) is 16.9 Å². The highest BCUT2D eigenvalue weighted by atomic mass is 19.1. The molecule has 0 radical (unpaired) electrons. The van der Waals surface area contributed by atoms with Gasteiger partial charge in [0.2, 0.25) is 0 Å². The first-order chi connectivity index (χ1) is 8.99. The highest BCUT2D eigenvalue weighted by molar-refractivity contribution is 5.69. The van der Waals surface area contributed by atoms with Gasteiger partial charge in [0.25, 0.3) is 5.56 Å². The van der Waals surface area contributed by atoms with Crippen LogP contribution in [0.4, 0.5) is 4.39 Å². The second-order valence-electron chi connectivity index (χ2n) is 4.96. The fourth-order valence-electron chi connectivity index (χ4n) is 2.07. The quantitative estimate of drug-likeness (QED) is 0.892. The summed E-state index contributed by atoms with van der Waals surface area (Å²) in [6.07, 6.45) is 0.653. The first kappa shape index (κ1) is 13.3. The summed E-state index contributed by atoms with van der Waals surface area (Å²) in [6.45, 7) is 4.03. The number of pyridine rings is 1. The van der Waals surface area contributed by atoms with Crippen LogP contribution in [0.15, 0.2) is 35.1 Å². The standard InChI is InChI=1S/C15H16FNO2/c1-9(2)7-10-8-13(18)14(15(19)17-10)11-5-3-4-6-12(11)16/h3-6,8-9H,7H2,1-2H3,(H2,17,18,19). The Morgan fingerprint density at radius 1 is 1.32 bits per heavy atom.